The van der Waals surface area contributed by atoms with Crippen molar-refractivity contribution in [1.29, 1.82) is 0 Å². The molecule has 110 valence electrons. The number of carbonyl (C=O) groups excluding carboxylic acids is 1. The van der Waals surface area contributed by atoms with E-state index in [0.717, 1.165) is 28.4 Å². The molecule has 0 spiro atoms. The number of aryl methyl sites for hydroxylation is 1. The topological polar surface area (TPSA) is 51.2 Å². The van der Waals surface area contributed by atoms with Crippen LogP contribution in [0.25, 0.3) is 10.8 Å². The zero-order valence-electron chi connectivity index (χ0n) is 12.5. The van der Waals surface area contributed by atoms with Crippen LogP contribution in [0.3, 0.4) is 0 Å². The van der Waals surface area contributed by atoms with Crippen molar-refractivity contribution in [3.05, 3.63) is 59.8 Å². The molecule has 0 bridgehead atoms. The lowest BCUT2D eigenvalue weighted by atomic mass is 10.1. The number of pyridine rings is 1. The molecule has 1 N–H and O–H groups in total. The van der Waals surface area contributed by atoms with Gasteiger partial charge in [-0.25, -0.2) is 4.98 Å². The van der Waals surface area contributed by atoms with Gasteiger partial charge >= 0.3 is 0 Å². The summed E-state index contributed by atoms with van der Waals surface area (Å²) < 4.78 is 5.92. The first-order valence-electron chi connectivity index (χ1n) is 7.02. The predicted molar refractivity (Wildman–Crippen MR) is 87.9 cm³/mol. The van der Waals surface area contributed by atoms with Gasteiger partial charge in [-0.1, -0.05) is 6.07 Å². The first-order valence-corrected chi connectivity index (χ1v) is 7.02. The van der Waals surface area contributed by atoms with Gasteiger partial charge in [-0.15, -0.1) is 0 Å². The second kappa shape index (κ2) is 5.85. The van der Waals surface area contributed by atoms with Crippen LogP contribution >= 0.6 is 0 Å². The molecule has 0 aliphatic carbocycles. The van der Waals surface area contributed by atoms with E-state index in [4.69, 9.17) is 4.74 Å². The first kappa shape index (κ1) is 14.1. The van der Waals surface area contributed by atoms with Crippen LogP contribution < -0.4 is 10.1 Å². The van der Waals surface area contributed by atoms with E-state index in [9.17, 15) is 4.79 Å². The molecule has 0 fully saturated rings. The second-order valence-electron chi connectivity index (χ2n) is 5.01. The average molecular weight is 292 g/mol. The number of nitrogens with one attached hydrogen (secondary N) is 1. The fraction of sp³-hybridized carbons (Fsp3) is 0.111. The lowest BCUT2D eigenvalue weighted by Gasteiger charge is -2.12. The number of carbonyl (C=O) groups is 1. The number of benzene rings is 2. The summed E-state index contributed by atoms with van der Waals surface area (Å²) >= 11 is 0. The van der Waals surface area contributed by atoms with E-state index in [-0.39, 0.29) is 0 Å². The van der Waals surface area contributed by atoms with E-state index in [2.05, 4.69) is 10.3 Å². The first-order chi connectivity index (χ1) is 10.7. The Bertz CT molecular complexity index is 826. The van der Waals surface area contributed by atoms with Crippen molar-refractivity contribution < 1.29 is 9.53 Å². The maximum Gasteiger partial charge on any atom is 0.227 e. The average Bonchev–Trinajstić information content (AvgIpc) is 2.55. The molecule has 4 nitrogen and oxygen atoms in total. The van der Waals surface area contributed by atoms with Crippen LogP contribution in [0.2, 0.25) is 0 Å². The summed E-state index contributed by atoms with van der Waals surface area (Å²) in [5, 5.41) is 5.19. The molecular formula is C18H16N2O2. The molecule has 0 radical (unpaired) electrons. The number of nitrogens with zero attached hydrogens (tertiary/aromatic N) is 1. The molecule has 0 saturated carbocycles. The molecule has 0 unspecified atom stereocenters. The summed E-state index contributed by atoms with van der Waals surface area (Å²) in [5.41, 5.74) is 2.53. The number of aromatic nitrogens is 1. The third kappa shape index (κ3) is 2.63. The summed E-state index contributed by atoms with van der Waals surface area (Å²) in [6.45, 7) is 1.94. The van der Waals surface area contributed by atoms with Crippen molar-refractivity contribution in [2.24, 2.45) is 0 Å². The Labute approximate surface area is 128 Å². The third-order valence-electron chi connectivity index (χ3n) is 3.47. The molecule has 0 atom stereocenters. The van der Waals surface area contributed by atoms with Gasteiger partial charge in [-0.2, -0.15) is 0 Å². The lowest BCUT2D eigenvalue weighted by molar-refractivity contribution is 0.112. The molecule has 4 heteroatoms. The number of aldehydes is 1. The van der Waals surface area contributed by atoms with E-state index in [1.165, 1.54) is 0 Å². The zero-order valence-corrected chi connectivity index (χ0v) is 12.5. The Hall–Kier alpha value is -2.88. The molecule has 22 heavy (non-hydrogen) atoms. The van der Waals surface area contributed by atoms with Crippen LogP contribution in [-0.4, -0.2) is 18.3 Å². The standard InChI is InChI=1S/C18H16N2O2/c1-12-10-16-15(4-3-5-17(16)19-2)18(20-12)22-14-8-6-13(11-21)7-9-14/h3-11,19H,1-2H3. The Morgan fingerprint density at radius 2 is 1.86 bits per heavy atom. The highest BCUT2D eigenvalue weighted by Crippen LogP contribution is 2.32. The summed E-state index contributed by atoms with van der Waals surface area (Å²) in [4.78, 5) is 15.2. The highest BCUT2D eigenvalue weighted by molar-refractivity contribution is 5.97. The molecule has 0 aliphatic rings. The molecule has 3 rings (SSSR count). The van der Waals surface area contributed by atoms with Gasteiger partial charge < -0.3 is 10.1 Å². The second-order valence-corrected chi connectivity index (χ2v) is 5.01. The van der Waals surface area contributed by atoms with Gasteiger partial charge in [0.1, 0.15) is 12.0 Å². The number of rotatable bonds is 4. The van der Waals surface area contributed by atoms with Crippen molar-refractivity contribution >= 4 is 22.7 Å². The fourth-order valence-corrected chi connectivity index (χ4v) is 2.39. The normalized spacial score (nSPS) is 10.5. The van der Waals surface area contributed by atoms with Gasteiger partial charge in [0.25, 0.3) is 0 Å². The highest BCUT2D eigenvalue weighted by Gasteiger charge is 2.09. The third-order valence-corrected chi connectivity index (χ3v) is 3.47. The molecule has 1 heterocycles. The molecule has 0 saturated heterocycles. The molecule has 2 aromatic carbocycles. The summed E-state index contributed by atoms with van der Waals surface area (Å²) in [6, 6.07) is 15.0. The maximum atomic E-state index is 10.7. The fourth-order valence-electron chi connectivity index (χ4n) is 2.39. The van der Waals surface area contributed by atoms with Crippen molar-refractivity contribution in [2.75, 3.05) is 12.4 Å². The molecule has 1 aromatic heterocycles. The minimum absolute atomic E-state index is 0.561. The Kier molecular flexibility index (Phi) is 3.74. The van der Waals surface area contributed by atoms with Crippen molar-refractivity contribution in [1.82, 2.24) is 4.98 Å². The van der Waals surface area contributed by atoms with Crippen LogP contribution in [-0.2, 0) is 0 Å². The summed E-state index contributed by atoms with van der Waals surface area (Å²) in [5.74, 6) is 1.21. The largest absolute Gasteiger partial charge is 0.438 e. The van der Waals surface area contributed by atoms with Crippen molar-refractivity contribution in [3.8, 4) is 11.6 Å². The molecule has 3 aromatic rings. The summed E-state index contributed by atoms with van der Waals surface area (Å²) in [7, 11) is 1.89. The quantitative estimate of drug-likeness (QED) is 0.733. The van der Waals surface area contributed by atoms with E-state index in [1.807, 2.05) is 38.2 Å². The Morgan fingerprint density at radius 1 is 1.09 bits per heavy atom. The predicted octanol–water partition coefficient (Wildman–Crippen LogP) is 4.19. The number of anilines is 1. The number of ether oxygens (including phenoxy) is 1. The van der Waals surface area contributed by atoms with E-state index in [1.54, 1.807) is 24.3 Å². The van der Waals surface area contributed by atoms with Crippen LogP contribution in [0.4, 0.5) is 5.69 Å². The SMILES string of the molecule is CNc1cccc2c(Oc3ccc(C=O)cc3)nc(C)cc12. The molecular weight excluding hydrogens is 276 g/mol. The monoisotopic (exact) mass is 292 g/mol. The maximum absolute atomic E-state index is 10.7. The Balaban J connectivity index is 2.07. The minimum atomic E-state index is 0.561. The van der Waals surface area contributed by atoms with Crippen molar-refractivity contribution in [3.63, 3.8) is 0 Å². The van der Waals surface area contributed by atoms with Gasteiger partial charge in [0.15, 0.2) is 0 Å². The number of fused-ring (bicyclic) bond motifs is 1. The van der Waals surface area contributed by atoms with Gasteiger partial charge in [0.2, 0.25) is 5.88 Å². The van der Waals surface area contributed by atoms with E-state index < -0.39 is 0 Å². The van der Waals surface area contributed by atoms with Gasteiger partial charge in [0, 0.05) is 34.8 Å². The Morgan fingerprint density at radius 3 is 2.55 bits per heavy atom. The van der Waals surface area contributed by atoms with Crippen LogP contribution in [0.1, 0.15) is 16.1 Å². The highest BCUT2D eigenvalue weighted by atomic mass is 16.5. The summed E-state index contributed by atoms with van der Waals surface area (Å²) in [6.07, 6.45) is 0.809. The molecule has 0 amide bonds. The smallest absolute Gasteiger partial charge is 0.227 e. The van der Waals surface area contributed by atoms with Crippen molar-refractivity contribution in [2.45, 2.75) is 6.92 Å². The van der Waals surface area contributed by atoms with Crippen LogP contribution in [0.5, 0.6) is 11.6 Å². The van der Waals surface area contributed by atoms with E-state index >= 15 is 0 Å². The minimum Gasteiger partial charge on any atom is -0.438 e. The van der Waals surface area contributed by atoms with Crippen LogP contribution in [0.15, 0.2) is 48.5 Å². The molecule has 0 aliphatic heterocycles. The van der Waals surface area contributed by atoms with E-state index in [0.29, 0.717) is 17.2 Å². The van der Waals surface area contributed by atoms with Gasteiger partial charge in [-0.05, 0) is 49.4 Å². The lowest BCUT2D eigenvalue weighted by Crippen LogP contribution is -1.95. The van der Waals surface area contributed by atoms with Crippen LogP contribution in [0, 0.1) is 6.92 Å². The zero-order chi connectivity index (χ0) is 15.5. The van der Waals surface area contributed by atoms with Gasteiger partial charge in [-0.3, -0.25) is 4.79 Å². The van der Waals surface area contributed by atoms with Gasteiger partial charge in [0.05, 0.1) is 0 Å². The number of hydrogen-bond acceptors (Lipinski definition) is 4. The number of hydrogen-bond donors (Lipinski definition) is 1.